The fourth-order valence-electron chi connectivity index (χ4n) is 4.45. The maximum atomic E-state index is 12.6. The highest BCUT2D eigenvalue weighted by molar-refractivity contribution is 7.99. The predicted octanol–water partition coefficient (Wildman–Crippen LogP) is 3.81. The van der Waals surface area contributed by atoms with Crippen LogP contribution in [0.3, 0.4) is 0 Å². The van der Waals surface area contributed by atoms with Gasteiger partial charge in [-0.15, -0.1) is 21.5 Å². The van der Waals surface area contributed by atoms with Gasteiger partial charge in [-0.05, 0) is 49.5 Å². The molecule has 8 heteroatoms. The lowest BCUT2D eigenvalue weighted by atomic mass is 9.89. The van der Waals surface area contributed by atoms with E-state index in [1.807, 2.05) is 15.6 Å². The smallest absolute Gasteiger partial charge is 0.233 e. The van der Waals surface area contributed by atoms with Gasteiger partial charge in [0.05, 0.1) is 11.1 Å². The Hall–Kier alpha value is -1.67. The Bertz CT molecular complexity index is 1040. The van der Waals surface area contributed by atoms with Crippen LogP contribution in [0, 0.1) is 11.8 Å². The van der Waals surface area contributed by atoms with Crippen molar-refractivity contribution in [2.45, 2.75) is 51.1 Å². The Kier molecular flexibility index (Phi) is 4.79. The molecular formula is C20H25N5OS2. The van der Waals surface area contributed by atoms with Crippen LogP contribution in [0.5, 0.6) is 0 Å². The number of thioether (sulfide) groups is 1. The van der Waals surface area contributed by atoms with Crippen LogP contribution in [0.4, 0.5) is 0 Å². The number of amides is 1. The van der Waals surface area contributed by atoms with Gasteiger partial charge in [0.15, 0.2) is 10.8 Å². The molecule has 1 aliphatic heterocycles. The van der Waals surface area contributed by atoms with Gasteiger partial charge < -0.3 is 4.90 Å². The second-order valence-corrected chi connectivity index (χ2v) is 10.4. The Morgan fingerprint density at radius 2 is 2.18 bits per heavy atom. The van der Waals surface area contributed by atoms with E-state index in [2.05, 4.69) is 24.0 Å². The number of aryl methyl sites for hydroxylation is 1. The van der Waals surface area contributed by atoms with Crippen molar-refractivity contribution in [2.24, 2.45) is 11.8 Å². The van der Waals surface area contributed by atoms with Crippen molar-refractivity contribution < 1.29 is 4.79 Å². The maximum Gasteiger partial charge on any atom is 0.233 e. The molecule has 5 rings (SSSR count). The van der Waals surface area contributed by atoms with Gasteiger partial charge in [0.2, 0.25) is 5.91 Å². The van der Waals surface area contributed by atoms with Gasteiger partial charge in [-0.3, -0.25) is 9.20 Å². The van der Waals surface area contributed by atoms with Crippen molar-refractivity contribution in [3.63, 3.8) is 0 Å². The summed E-state index contributed by atoms with van der Waals surface area (Å²) in [6.45, 7) is 6.30. The van der Waals surface area contributed by atoms with Gasteiger partial charge in [0.25, 0.3) is 0 Å². The van der Waals surface area contributed by atoms with Crippen LogP contribution in [0.15, 0.2) is 11.5 Å². The maximum absolute atomic E-state index is 12.6. The number of fused-ring (bicyclic) bond motifs is 5. The lowest BCUT2D eigenvalue weighted by Gasteiger charge is -2.30. The zero-order valence-corrected chi connectivity index (χ0v) is 18.0. The van der Waals surface area contributed by atoms with Gasteiger partial charge in [0, 0.05) is 18.0 Å². The Morgan fingerprint density at radius 3 is 3.04 bits per heavy atom. The molecule has 1 amide bonds. The van der Waals surface area contributed by atoms with Crippen LogP contribution in [-0.2, 0) is 17.6 Å². The topological polar surface area (TPSA) is 63.4 Å². The van der Waals surface area contributed by atoms with Gasteiger partial charge in [0.1, 0.15) is 11.2 Å². The van der Waals surface area contributed by atoms with Crippen molar-refractivity contribution in [1.82, 2.24) is 24.5 Å². The minimum Gasteiger partial charge on any atom is -0.342 e. The van der Waals surface area contributed by atoms with E-state index in [9.17, 15) is 4.79 Å². The van der Waals surface area contributed by atoms with E-state index in [-0.39, 0.29) is 5.91 Å². The first-order valence-corrected chi connectivity index (χ1v) is 11.9. The van der Waals surface area contributed by atoms with Crippen molar-refractivity contribution in [2.75, 3.05) is 18.8 Å². The van der Waals surface area contributed by atoms with E-state index in [1.165, 1.54) is 40.4 Å². The number of aromatic nitrogens is 4. The Labute approximate surface area is 172 Å². The first kappa shape index (κ1) is 18.4. The summed E-state index contributed by atoms with van der Waals surface area (Å²) in [6, 6.07) is 0. The van der Waals surface area contributed by atoms with E-state index in [0.717, 1.165) is 53.9 Å². The fraction of sp³-hybridized carbons (Fsp3) is 0.600. The molecule has 1 fully saturated rings. The van der Waals surface area contributed by atoms with Gasteiger partial charge in [-0.2, -0.15) is 0 Å². The molecule has 3 aromatic rings. The minimum atomic E-state index is 0.198. The van der Waals surface area contributed by atoms with E-state index in [0.29, 0.717) is 11.7 Å². The molecule has 148 valence electrons. The number of carbonyl (C=O) groups excluding carboxylic acids is 1. The molecule has 3 aromatic heterocycles. The lowest BCUT2D eigenvalue weighted by molar-refractivity contribution is -0.130. The highest BCUT2D eigenvalue weighted by Gasteiger charge is 2.25. The van der Waals surface area contributed by atoms with Crippen molar-refractivity contribution in [1.29, 1.82) is 0 Å². The molecule has 0 spiro atoms. The second kappa shape index (κ2) is 7.30. The average molecular weight is 416 g/mol. The molecule has 28 heavy (non-hydrogen) atoms. The van der Waals surface area contributed by atoms with Crippen molar-refractivity contribution in [3.05, 3.63) is 16.8 Å². The normalized spacial score (nSPS) is 22.7. The van der Waals surface area contributed by atoms with Gasteiger partial charge in [-0.25, -0.2) is 4.98 Å². The monoisotopic (exact) mass is 415 g/mol. The number of likely N-dealkylation sites (tertiary alicyclic amines) is 1. The summed E-state index contributed by atoms with van der Waals surface area (Å²) in [5.41, 5.74) is 2.30. The molecule has 0 saturated carbocycles. The second-order valence-electron chi connectivity index (χ2n) is 8.33. The fourth-order valence-corrected chi connectivity index (χ4v) is 6.60. The number of carbonyl (C=O) groups is 1. The zero-order valence-electron chi connectivity index (χ0n) is 16.3. The first-order chi connectivity index (χ1) is 13.6. The summed E-state index contributed by atoms with van der Waals surface area (Å²) < 4.78 is 1.96. The van der Waals surface area contributed by atoms with E-state index in [4.69, 9.17) is 4.98 Å². The number of hydrogen-bond acceptors (Lipinski definition) is 6. The van der Waals surface area contributed by atoms with E-state index >= 15 is 0 Å². The van der Waals surface area contributed by atoms with Crippen LogP contribution < -0.4 is 0 Å². The van der Waals surface area contributed by atoms with Crippen LogP contribution in [0.1, 0.15) is 43.6 Å². The number of nitrogens with zero attached hydrogens (tertiary/aromatic N) is 5. The van der Waals surface area contributed by atoms with E-state index < -0.39 is 0 Å². The largest absolute Gasteiger partial charge is 0.342 e. The number of hydrogen-bond donors (Lipinski definition) is 0. The standard InChI is InChI=1S/C20H25N5OS2/c1-12-5-6-14-15(8-12)28-19-17(14)18-22-23-20(25(18)11-21-19)27-10-16(26)24-7-3-4-13(2)9-24/h11-13H,3-10H2,1-2H3/t12-,13-/m1/s1. The van der Waals surface area contributed by atoms with Gasteiger partial charge >= 0.3 is 0 Å². The molecule has 4 heterocycles. The van der Waals surface area contributed by atoms with Crippen molar-refractivity contribution in [3.8, 4) is 0 Å². The highest BCUT2D eigenvalue weighted by atomic mass is 32.2. The lowest BCUT2D eigenvalue weighted by Crippen LogP contribution is -2.40. The molecular weight excluding hydrogens is 390 g/mol. The summed E-state index contributed by atoms with van der Waals surface area (Å²) in [6.07, 6.45) is 7.60. The average Bonchev–Trinajstić information content (AvgIpc) is 3.26. The first-order valence-electron chi connectivity index (χ1n) is 10.1. The summed E-state index contributed by atoms with van der Waals surface area (Å²) in [4.78, 5) is 21.8. The molecule has 0 unspecified atom stereocenters. The summed E-state index contributed by atoms with van der Waals surface area (Å²) in [5.74, 6) is 1.94. The van der Waals surface area contributed by atoms with E-state index in [1.54, 1.807) is 11.3 Å². The predicted molar refractivity (Wildman–Crippen MR) is 113 cm³/mol. The Balaban J connectivity index is 1.40. The molecule has 2 aliphatic rings. The van der Waals surface area contributed by atoms with Gasteiger partial charge in [-0.1, -0.05) is 25.6 Å². The van der Waals surface area contributed by atoms with Crippen LogP contribution in [-0.4, -0.2) is 49.2 Å². The molecule has 0 N–H and O–H groups in total. The van der Waals surface area contributed by atoms with Crippen LogP contribution in [0.2, 0.25) is 0 Å². The summed E-state index contributed by atoms with van der Waals surface area (Å²) in [7, 11) is 0. The van der Waals surface area contributed by atoms with Crippen LogP contribution in [0.25, 0.3) is 15.9 Å². The number of thiophene rings is 1. The molecule has 0 bridgehead atoms. The minimum absolute atomic E-state index is 0.198. The third kappa shape index (κ3) is 3.20. The molecule has 1 saturated heterocycles. The third-order valence-corrected chi connectivity index (χ3v) is 8.10. The summed E-state index contributed by atoms with van der Waals surface area (Å²) in [5, 5.41) is 10.8. The molecule has 1 aliphatic carbocycles. The quantitative estimate of drug-likeness (QED) is 0.609. The molecule has 2 atom stereocenters. The zero-order chi connectivity index (χ0) is 19.3. The summed E-state index contributed by atoms with van der Waals surface area (Å²) >= 11 is 3.28. The van der Waals surface area contributed by atoms with Crippen LogP contribution >= 0.6 is 23.1 Å². The number of piperidine rings is 1. The SMILES string of the molecule is C[C@@H]1CCc2c(sc3ncn4c(SCC(=O)N5CCC[C@@H](C)C5)nnc4c23)C1. The Morgan fingerprint density at radius 1 is 1.29 bits per heavy atom. The molecule has 0 aromatic carbocycles. The van der Waals surface area contributed by atoms with Crippen molar-refractivity contribution >= 4 is 44.9 Å². The molecule has 6 nitrogen and oxygen atoms in total. The molecule has 0 radical (unpaired) electrons. The number of rotatable bonds is 3. The highest BCUT2D eigenvalue weighted by Crippen LogP contribution is 2.39. The third-order valence-electron chi connectivity index (χ3n) is 6.01.